The lowest BCUT2D eigenvalue weighted by Gasteiger charge is -2.28. The number of hydrogen-bond acceptors (Lipinski definition) is 2. The van der Waals surface area contributed by atoms with Crippen molar-refractivity contribution in [2.75, 3.05) is 0 Å². The number of allylic oxidation sites excluding steroid dienone is 2. The van der Waals surface area contributed by atoms with E-state index in [0.717, 1.165) is 12.8 Å². The molecule has 1 aromatic rings. The first kappa shape index (κ1) is 9.25. The van der Waals surface area contributed by atoms with Gasteiger partial charge in [-0.05, 0) is 30.0 Å². The Morgan fingerprint density at radius 3 is 3.07 bits per heavy atom. The van der Waals surface area contributed by atoms with Gasteiger partial charge in [-0.1, -0.05) is 42.1 Å². The summed E-state index contributed by atoms with van der Waals surface area (Å²) in [6.07, 6.45) is 6.72. The van der Waals surface area contributed by atoms with Crippen LogP contribution in [0.25, 0.3) is 0 Å². The van der Waals surface area contributed by atoms with E-state index < -0.39 is 0 Å². The van der Waals surface area contributed by atoms with Crippen molar-refractivity contribution < 1.29 is 0 Å². The van der Waals surface area contributed by atoms with Crippen molar-refractivity contribution in [3.05, 3.63) is 52.5 Å². The molecule has 2 heteroatoms. The second kappa shape index (κ2) is 3.54. The fourth-order valence-corrected chi connectivity index (χ4v) is 3.43. The molecule has 2 N–H and O–H groups in total. The van der Waals surface area contributed by atoms with E-state index in [1.54, 1.807) is 0 Å². The normalized spacial score (nSPS) is 23.7. The second-order valence-corrected chi connectivity index (χ2v) is 5.03. The van der Waals surface area contributed by atoms with Crippen LogP contribution in [0.5, 0.6) is 0 Å². The molecule has 0 saturated carbocycles. The molecule has 1 atom stereocenters. The van der Waals surface area contributed by atoms with Crippen LogP contribution in [0, 0.1) is 0 Å². The summed E-state index contributed by atoms with van der Waals surface area (Å²) in [6, 6.07) is 8.57. The molecule has 0 amide bonds. The predicted octanol–water partition coefficient (Wildman–Crippen LogP) is 3.40. The highest BCUT2D eigenvalue weighted by Crippen LogP contribution is 2.45. The predicted molar refractivity (Wildman–Crippen MR) is 64.6 cm³/mol. The minimum Gasteiger partial charge on any atom is -0.320 e. The van der Waals surface area contributed by atoms with E-state index in [4.69, 9.17) is 5.73 Å². The summed E-state index contributed by atoms with van der Waals surface area (Å²) in [5, 5.41) is 0. The van der Waals surface area contributed by atoms with E-state index in [0.29, 0.717) is 0 Å². The van der Waals surface area contributed by atoms with Crippen molar-refractivity contribution >= 4 is 11.8 Å². The van der Waals surface area contributed by atoms with Gasteiger partial charge in [-0.25, -0.2) is 0 Å². The zero-order valence-electron chi connectivity index (χ0n) is 8.44. The van der Waals surface area contributed by atoms with Crippen molar-refractivity contribution in [2.45, 2.75) is 23.8 Å². The standard InChI is InChI=1S/C13H13NS/c14-13-9-5-1-3-7-11(9)15-12-8-4-2-6-10(12)13/h1,3-5,7-8,13H,2,6,14H2. The maximum Gasteiger partial charge on any atom is 0.0536 e. The van der Waals surface area contributed by atoms with Gasteiger partial charge in [-0.15, -0.1) is 0 Å². The molecule has 1 unspecified atom stereocenters. The van der Waals surface area contributed by atoms with Crippen LogP contribution in [0.1, 0.15) is 24.4 Å². The molecular weight excluding hydrogens is 202 g/mol. The first-order valence-corrected chi connectivity index (χ1v) is 6.10. The minimum atomic E-state index is 0.113. The maximum absolute atomic E-state index is 6.30. The summed E-state index contributed by atoms with van der Waals surface area (Å²) in [4.78, 5) is 2.68. The summed E-state index contributed by atoms with van der Waals surface area (Å²) < 4.78 is 0. The van der Waals surface area contributed by atoms with Gasteiger partial charge in [0.1, 0.15) is 0 Å². The average Bonchev–Trinajstić information content (AvgIpc) is 2.30. The minimum absolute atomic E-state index is 0.113. The lowest BCUT2D eigenvalue weighted by atomic mass is 9.92. The van der Waals surface area contributed by atoms with Gasteiger partial charge in [0.2, 0.25) is 0 Å². The van der Waals surface area contributed by atoms with Crippen molar-refractivity contribution in [1.29, 1.82) is 0 Å². The fraction of sp³-hybridized carbons (Fsp3) is 0.231. The average molecular weight is 215 g/mol. The van der Waals surface area contributed by atoms with E-state index in [1.165, 1.54) is 20.9 Å². The molecule has 76 valence electrons. The number of fused-ring (bicyclic) bond motifs is 1. The maximum atomic E-state index is 6.30. The molecule has 0 fully saturated rings. The van der Waals surface area contributed by atoms with Gasteiger partial charge >= 0.3 is 0 Å². The van der Waals surface area contributed by atoms with Crippen molar-refractivity contribution in [3.8, 4) is 0 Å². The van der Waals surface area contributed by atoms with Gasteiger partial charge in [0.25, 0.3) is 0 Å². The largest absolute Gasteiger partial charge is 0.320 e. The quantitative estimate of drug-likeness (QED) is 0.718. The molecule has 0 aromatic heterocycles. The van der Waals surface area contributed by atoms with Crippen LogP contribution in [0.2, 0.25) is 0 Å². The van der Waals surface area contributed by atoms with Crippen LogP contribution in [-0.4, -0.2) is 0 Å². The SMILES string of the molecule is NC1C2=C(C=CCC2)Sc2ccccc21. The first-order chi connectivity index (χ1) is 7.36. The molecule has 1 aliphatic heterocycles. The smallest absolute Gasteiger partial charge is 0.0536 e. The Bertz CT molecular complexity index is 459. The van der Waals surface area contributed by atoms with Crippen LogP contribution >= 0.6 is 11.8 Å². The molecule has 0 bridgehead atoms. The molecule has 0 spiro atoms. The van der Waals surface area contributed by atoms with Crippen LogP contribution in [0.4, 0.5) is 0 Å². The van der Waals surface area contributed by atoms with Crippen molar-refractivity contribution in [3.63, 3.8) is 0 Å². The molecule has 0 saturated heterocycles. The van der Waals surface area contributed by atoms with Crippen LogP contribution in [0.15, 0.2) is 51.8 Å². The zero-order valence-corrected chi connectivity index (χ0v) is 9.26. The highest BCUT2D eigenvalue weighted by atomic mass is 32.2. The van der Waals surface area contributed by atoms with E-state index in [-0.39, 0.29) is 6.04 Å². The molecule has 3 rings (SSSR count). The molecule has 15 heavy (non-hydrogen) atoms. The zero-order chi connectivity index (χ0) is 10.3. The van der Waals surface area contributed by atoms with Gasteiger partial charge in [0.15, 0.2) is 0 Å². The van der Waals surface area contributed by atoms with Crippen LogP contribution in [0.3, 0.4) is 0 Å². The van der Waals surface area contributed by atoms with Crippen LogP contribution in [-0.2, 0) is 0 Å². The van der Waals surface area contributed by atoms with Gasteiger partial charge < -0.3 is 5.73 Å². The van der Waals surface area contributed by atoms with E-state index >= 15 is 0 Å². The van der Waals surface area contributed by atoms with Gasteiger partial charge in [0.05, 0.1) is 6.04 Å². The molecule has 1 aromatic carbocycles. The molecule has 1 heterocycles. The topological polar surface area (TPSA) is 26.0 Å². The Morgan fingerprint density at radius 2 is 2.13 bits per heavy atom. The summed E-state index contributed by atoms with van der Waals surface area (Å²) in [6.45, 7) is 0. The number of hydrogen-bond donors (Lipinski definition) is 1. The Balaban J connectivity index is 2.11. The van der Waals surface area contributed by atoms with Crippen molar-refractivity contribution in [2.24, 2.45) is 5.73 Å². The van der Waals surface area contributed by atoms with E-state index in [1.807, 2.05) is 11.8 Å². The summed E-state index contributed by atoms with van der Waals surface area (Å²) in [7, 11) is 0. The molecule has 1 nitrogen and oxygen atoms in total. The van der Waals surface area contributed by atoms with E-state index in [2.05, 4.69) is 36.4 Å². The highest BCUT2D eigenvalue weighted by Gasteiger charge is 2.25. The monoisotopic (exact) mass is 215 g/mol. The van der Waals surface area contributed by atoms with Crippen molar-refractivity contribution in [1.82, 2.24) is 0 Å². The third kappa shape index (κ3) is 1.45. The molecule has 1 aliphatic carbocycles. The first-order valence-electron chi connectivity index (χ1n) is 5.28. The molecular formula is C13H13NS. The number of rotatable bonds is 0. The fourth-order valence-electron chi connectivity index (χ4n) is 2.20. The Hall–Kier alpha value is -0.990. The van der Waals surface area contributed by atoms with Gasteiger partial charge in [0, 0.05) is 9.80 Å². The Kier molecular flexibility index (Phi) is 2.19. The summed E-state index contributed by atoms with van der Waals surface area (Å²) >= 11 is 1.86. The van der Waals surface area contributed by atoms with E-state index in [9.17, 15) is 0 Å². The summed E-state index contributed by atoms with van der Waals surface area (Å²) in [5.74, 6) is 0. The molecule has 2 aliphatic rings. The summed E-state index contributed by atoms with van der Waals surface area (Å²) in [5.41, 5.74) is 9.00. The molecule has 0 radical (unpaired) electrons. The van der Waals surface area contributed by atoms with Gasteiger partial charge in [-0.2, -0.15) is 0 Å². The second-order valence-electron chi connectivity index (χ2n) is 3.95. The third-order valence-electron chi connectivity index (χ3n) is 3.02. The lowest BCUT2D eigenvalue weighted by molar-refractivity contribution is 0.748. The van der Waals surface area contributed by atoms with Crippen LogP contribution < -0.4 is 5.73 Å². The highest BCUT2D eigenvalue weighted by molar-refractivity contribution is 8.03. The number of benzene rings is 1. The number of thioether (sulfide) groups is 1. The lowest BCUT2D eigenvalue weighted by Crippen LogP contribution is -2.19. The number of nitrogens with two attached hydrogens (primary N) is 1. The Morgan fingerprint density at radius 1 is 1.27 bits per heavy atom. The third-order valence-corrected chi connectivity index (χ3v) is 4.23. The van der Waals surface area contributed by atoms with Gasteiger partial charge in [-0.3, -0.25) is 0 Å². The Labute approximate surface area is 94.1 Å².